The lowest BCUT2D eigenvalue weighted by atomic mass is 10.2. The van der Waals surface area contributed by atoms with Crippen LogP contribution in [0.4, 0.5) is 0 Å². The molecule has 0 radical (unpaired) electrons. The zero-order valence-electron chi connectivity index (χ0n) is 8.39. The van der Waals surface area contributed by atoms with Crippen LogP contribution < -0.4 is 4.74 Å². The van der Waals surface area contributed by atoms with E-state index in [0.29, 0.717) is 22.9 Å². The molecular weight excluding hydrogens is 246 g/mol. The SMILES string of the molecule is OCc1cc(Cl)ccc1OCc1cscn1. The number of aliphatic hydroxyl groups is 1. The first kappa shape index (κ1) is 11.4. The highest BCUT2D eigenvalue weighted by Crippen LogP contribution is 2.23. The fraction of sp³-hybridized carbons (Fsp3) is 0.182. The van der Waals surface area contributed by atoms with E-state index in [0.717, 1.165) is 5.69 Å². The van der Waals surface area contributed by atoms with Crippen molar-refractivity contribution in [3.63, 3.8) is 0 Å². The van der Waals surface area contributed by atoms with Crippen LogP contribution >= 0.6 is 22.9 Å². The molecule has 0 aliphatic heterocycles. The molecule has 3 nitrogen and oxygen atoms in total. The van der Waals surface area contributed by atoms with Gasteiger partial charge in [0.25, 0.3) is 0 Å². The quantitative estimate of drug-likeness (QED) is 0.914. The average Bonchev–Trinajstić information content (AvgIpc) is 2.80. The van der Waals surface area contributed by atoms with Gasteiger partial charge in [0.1, 0.15) is 12.4 Å². The van der Waals surface area contributed by atoms with E-state index in [2.05, 4.69) is 4.98 Å². The second-order valence-electron chi connectivity index (χ2n) is 3.18. The van der Waals surface area contributed by atoms with Gasteiger partial charge in [0.05, 0.1) is 17.8 Å². The molecule has 0 bridgehead atoms. The standard InChI is InChI=1S/C11H10ClNO2S/c12-9-1-2-11(8(3-9)4-14)15-5-10-6-16-7-13-10/h1-3,6-7,14H,4-5H2. The second-order valence-corrected chi connectivity index (χ2v) is 4.33. The van der Waals surface area contributed by atoms with Crippen molar-refractivity contribution < 1.29 is 9.84 Å². The van der Waals surface area contributed by atoms with Crippen LogP contribution in [0.5, 0.6) is 5.75 Å². The van der Waals surface area contributed by atoms with Gasteiger partial charge in [-0.25, -0.2) is 4.98 Å². The Balaban J connectivity index is 2.09. The van der Waals surface area contributed by atoms with Crippen LogP contribution in [-0.4, -0.2) is 10.1 Å². The van der Waals surface area contributed by atoms with Crippen molar-refractivity contribution in [3.05, 3.63) is 45.4 Å². The molecule has 1 aromatic carbocycles. The highest BCUT2D eigenvalue weighted by atomic mass is 35.5. The van der Waals surface area contributed by atoms with Crippen LogP contribution in [-0.2, 0) is 13.2 Å². The van der Waals surface area contributed by atoms with Crippen molar-refractivity contribution in [2.24, 2.45) is 0 Å². The van der Waals surface area contributed by atoms with Crippen LogP contribution in [0.25, 0.3) is 0 Å². The Labute approximate surface area is 102 Å². The smallest absolute Gasteiger partial charge is 0.131 e. The fourth-order valence-electron chi connectivity index (χ4n) is 1.27. The van der Waals surface area contributed by atoms with E-state index in [-0.39, 0.29) is 6.61 Å². The monoisotopic (exact) mass is 255 g/mol. The largest absolute Gasteiger partial charge is 0.487 e. The van der Waals surface area contributed by atoms with E-state index in [1.165, 1.54) is 11.3 Å². The van der Waals surface area contributed by atoms with Crippen LogP contribution in [0.2, 0.25) is 5.02 Å². The maximum Gasteiger partial charge on any atom is 0.131 e. The molecule has 0 saturated heterocycles. The maximum absolute atomic E-state index is 9.15. The molecule has 0 fully saturated rings. The van der Waals surface area contributed by atoms with Crippen LogP contribution in [0.1, 0.15) is 11.3 Å². The van der Waals surface area contributed by atoms with Gasteiger partial charge in [-0.2, -0.15) is 0 Å². The molecule has 0 spiro atoms. The van der Waals surface area contributed by atoms with Crippen LogP contribution in [0, 0.1) is 0 Å². The number of thiazole rings is 1. The summed E-state index contributed by atoms with van der Waals surface area (Å²) >= 11 is 7.34. The molecule has 1 N–H and O–H groups in total. The zero-order chi connectivity index (χ0) is 11.4. The molecule has 84 valence electrons. The predicted molar refractivity (Wildman–Crippen MR) is 63.8 cm³/mol. The number of aliphatic hydroxyl groups excluding tert-OH is 1. The molecular formula is C11H10ClNO2S. The Morgan fingerprint density at radius 3 is 3.00 bits per heavy atom. The highest BCUT2D eigenvalue weighted by molar-refractivity contribution is 7.07. The minimum absolute atomic E-state index is 0.0903. The van der Waals surface area contributed by atoms with Crippen molar-refractivity contribution >= 4 is 22.9 Å². The Morgan fingerprint density at radius 2 is 2.31 bits per heavy atom. The average molecular weight is 256 g/mol. The summed E-state index contributed by atoms with van der Waals surface area (Å²) in [5.74, 6) is 0.639. The molecule has 16 heavy (non-hydrogen) atoms. The van der Waals surface area contributed by atoms with Crippen molar-refractivity contribution in [3.8, 4) is 5.75 Å². The summed E-state index contributed by atoms with van der Waals surface area (Å²) in [5, 5.41) is 11.7. The topological polar surface area (TPSA) is 42.4 Å². The Kier molecular flexibility index (Phi) is 3.77. The fourth-order valence-corrected chi connectivity index (χ4v) is 2.01. The normalized spacial score (nSPS) is 10.4. The van der Waals surface area contributed by atoms with Gasteiger partial charge >= 0.3 is 0 Å². The third kappa shape index (κ3) is 2.72. The van der Waals surface area contributed by atoms with Crippen LogP contribution in [0.15, 0.2) is 29.1 Å². The summed E-state index contributed by atoms with van der Waals surface area (Å²) in [6, 6.07) is 5.18. The third-order valence-electron chi connectivity index (χ3n) is 2.05. The maximum atomic E-state index is 9.15. The lowest BCUT2D eigenvalue weighted by molar-refractivity contribution is 0.258. The number of aromatic nitrogens is 1. The molecule has 0 unspecified atom stereocenters. The van der Waals surface area contributed by atoms with E-state index in [1.807, 2.05) is 5.38 Å². The van der Waals surface area contributed by atoms with Crippen molar-refractivity contribution in [1.29, 1.82) is 0 Å². The van der Waals surface area contributed by atoms with E-state index < -0.39 is 0 Å². The summed E-state index contributed by atoms with van der Waals surface area (Å²) < 4.78 is 5.55. The lowest BCUT2D eigenvalue weighted by Crippen LogP contribution is -1.98. The number of nitrogens with zero attached hydrogens (tertiary/aromatic N) is 1. The molecule has 2 rings (SSSR count). The summed E-state index contributed by atoms with van der Waals surface area (Å²) in [5.41, 5.74) is 3.32. The van der Waals surface area contributed by atoms with E-state index in [1.54, 1.807) is 23.7 Å². The van der Waals surface area contributed by atoms with Gasteiger partial charge < -0.3 is 9.84 Å². The molecule has 0 aliphatic rings. The first-order valence-corrected chi connectivity index (χ1v) is 6.01. The van der Waals surface area contributed by atoms with Gasteiger partial charge in [0, 0.05) is 16.0 Å². The van der Waals surface area contributed by atoms with Crippen molar-refractivity contribution in [2.75, 3.05) is 0 Å². The number of hydrogen-bond donors (Lipinski definition) is 1. The molecule has 1 heterocycles. The number of rotatable bonds is 4. The van der Waals surface area contributed by atoms with Gasteiger partial charge in [-0.05, 0) is 18.2 Å². The second kappa shape index (κ2) is 5.30. The van der Waals surface area contributed by atoms with Crippen molar-refractivity contribution in [2.45, 2.75) is 13.2 Å². The number of benzene rings is 1. The number of hydrogen-bond acceptors (Lipinski definition) is 4. The summed E-state index contributed by atoms with van der Waals surface area (Å²) in [6.07, 6.45) is 0. The van der Waals surface area contributed by atoms with Gasteiger partial charge in [0.2, 0.25) is 0 Å². The minimum Gasteiger partial charge on any atom is -0.487 e. The zero-order valence-corrected chi connectivity index (χ0v) is 9.96. The summed E-state index contributed by atoms with van der Waals surface area (Å²) in [6.45, 7) is 0.311. The molecule has 0 amide bonds. The molecule has 5 heteroatoms. The molecule has 1 aromatic heterocycles. The molecule has 0 aliphatic carbocycles. The van der Waals surface area contributed by atoms with E-state index >= 15 is 0 Å². The minimum atomic E-state index is -0.0903. The van der Waals surface area contributed by atoms with Gasteiger partial charge in [-0.1, -0.05) is 11.6 Å². The van der Waals surface area contributed by atoms with E-state index in [9.17, 15) is 0 Å². The molecule has 2 aromatic rings. The Hall–Kier alpha value is -1.10. The van der Waals surface area contributed by atoms with Crippen molar-refractivity contribution in [1.82, 2.24) is 4.98 Å². The first-order valence-electron chi connectivity index (χ1n) is 4.69. The summed E-state index contributed by atoms with van der Waals surface area (Å²) in [4.78, 5) is 4.11. The first-order chi connectivity index (χ1) is 7.79. The third-order valence-corrected chi connectivity index (χ3v) is 2.92. The van der Waals surface area contributed by atoms with Gasteiger partial charge in [0.15, 0.2) is 0 Å². The Morgan fingerprint density at radius 1 is 1.44 bits per heavy atom. The van der Waals surface area contributed by atoms with Gasteiger partial charge in [-0.3, -0.25) is 0 Å². The highest BCUT2D eigenvalue weighted by Gasteiger charge is 2.04. The molecule has 0 atom stereocenters. The molecule has 0 saturated carbocycles. The van der Waals surface area contributed by atoms with Gasteiger partial charge in [-0.15, -0.1) is 11.3 Å². The Bertz CT molecular complexity index is 459. The predicted octanol–water partition coefficient (Wildman–Crippen LogP) is 2.87. The lowest BCUT2D eigenvalue weighted by Gasteiger charge is -2.09. The van der Waals surface area contributed by atoms with Crippen LogP contribution in [0.3, 0.4) is 0 Å². The summed E-state index contributed by atoms with van der Waals surface area (Å²) in [7, 11) is 0. The van der Waals surface area contributed by atoms with E-state index in [4.69, 9.17) is 21.4 Å². The number of ether oxygens (including phenoxy) is 1. The number of halogens is 1.